The SMILES string of the molecule is CCC(O)c1cn(Cc2cncn2C2CC2)nn1. The maximum absolute atomic E-state index is 9.69. The Balaban J connectivity index is 1.75. The van der Waals surface area contributed by atoms with Gasteiger partial charge in [-0.05, 0) is 19.3 Å². The van der Waals surface area contributed by atoms with E-state index in [-0.39, 0.29) is 0 Å². The van der Waals surface area contributed by atoms with E-state index in [4.69, 9.17) is 0 Å². The van der Waals surface area contributed by atoms with E-state index in [0.717, 1.165) is 5.69 Å². The molecule has 0 aliphatic heterocycles. The molecular formula is C12H17N5O. The molecule has 0 bridgehead atoms. The van der Waals surface area contributed by atoms with Crippen molar-refractivity contribution in [1.29, 1.82) is 0 Å². The minimum atomic E-state index is -0.521. The van der Waals surface area contributed by atoms with Crippen molar-refractivity contribution in [2.45, 2.75) is 44.9 Å². The van der Waals surface area contributed by atoms with Crippen molar-refractivity contribution in [3.05, 3.63) is 30.1 Å². The monoisotopic (exact) mass is 247 g/mol. The molecule has 0 amide bonds. The van der Waals surface area contributed by atoms with Gasteiger partial charge in [0.05, 0.1) is 37.1 Å². The summed E-state index contributed by atoms with van der Waals surface area (Å²) in [6.07, 6.45) is 8.16. The Morgan fingerprint density at radius 2 is 2.33 bits per heavy atom. The second-order valence-electron chi connectivity index (χ2n) is 4.79. The molecule has 1 fully saturated rings. The number of hydrogen-bond acceptors (Lipinski definition) is 4. The molecule has 3 rings (SSSR count). The second kappa shape index (κ2) is 4.53. The summed E-state index contributed by atoms with van der Waals surface area (Å²) in [5.41, 5.74) is 1.77. The van der Waals surface area contributed by atoms with Crippen molar-refractivity contribution in [3.63, 3.8) is 0 Å². The second-order valence-corrected chi connectivity index (χ2v) is 4.79. The lowest BCUT2D eigenvalue weighted by molar-refractivity contribution is 0.168. The van der Waals surface area contributed by atoms with Crippen molar-refractivity contribution in [3.8, 4) is 0 Å². The molecule has 6 nitrogen and oxygen atoms in total. The zero-order valence-electron chi connectivity index (χ0n) is 10.4. The van der Waals surface area contributed by atoms with Crippen molar-refractivity contribution in [1.82, 2.24) is 24.5 Å². The molecule has 1 N–H and O–H groups in total. The fourth-order valence-corrected chi connectivity index (χ4v) is 2.05. The molecule has 18 heavy (non-hydrogen) atoms. The van der Waals surface area contributed by atoms with Gasteiger partial charge >= 0.3 is 0 Å². The molecule has 0 spiro atoms. The quantitative estimate of drug-likeness (QED) is 0.864. The Kier molecular flexibility index (Phi) is 2.87. The van der Waals surface area contributed by atoms with Crippen LogP contribution in [-0.2, 0) is 6.54 Å². The lowest BCUT2D eigenvalue weighted by Gasteiger charge is -2.05. The Morgan fingerprint density at radius 3 is 3.06 bits per heavy atom. The third kappa shape index (κ3) is 2.15. The molecule has 1 unspecified atom stereocenters. The number of hydrogen-bond donors (Lipinski definition) is 1. The highest BCUT2D eigenvalue weighted by Crippen LogP contribution is 2.35. The van der Waals surface area contributed by atoms with E-state index in [1.807, 2.05) is 19.4 Å². The van der Waals surface area contributed by atoms with E-state index in [2.05, 4.69) is 19.9 Å². The molecule has 0 aromatic carbocycles. The number of aromatic nitrogens is 5. The Bertz CT molecular complexity index is 528. The standard InChI is InChI=1S/C12H17N5O/c1-2-12(18)11-7-16(15-14-11)6-10-5-13-8-17(10)9-3-4-9/h5,7-9,12,18H,2-4,6H2,1H3. The van der Waals surface area contributed by atoms with Gasteiger partial charge in [0.15, 0.2) is 0 Å². The number of nitrogens with zero attached hydrogens (tertiary/aromatic N) is 5. The summed E-state index contributed by atoms with van der Waals surface area (Å²) in [5, 5.41) is 17.7. The average molecular weight is 247 g/mol. The zero-order valence-corrected chi connectivity index (χ0v) is 10.4. The van der Waals surface area contributed by atoms with Gasteiger partial charge < -0.3 is 9.67 Å². The van der Waals surface area contributed by atoms with Gasteiger partial charge in [0.2, 0.25) is 0 Å². The summed E-state index contributed by atoms with van der Waals surface area (Å²) < 4.78 is 3.96. The first-order valence-electron chi connectivity index (χ1n) is 6.36. The summed E-state index contributed by atoms with van der Waals surface area (Å²) in [7, 11) is 0. The van der Waals surface area contributed by atoms with Gasteiger partial charge in [-0.3, -0.25) is 0 Å². The molecule has 0 saturated heterocycles. The maximum atomic E-state index is 9.69. The average Bonchev–Trinajstić information content (AvgIpc) is 2.95. The number of aliphatic hydroxyl groups excluding tert-OH is 1. The predicted octanol–water partition coefficient (Wildman–Crippen LogP) is 1.30. The topological polar surface area (TPSA) is 68.8 Å². The molecular weight excluding hydrogens is 230 g/mol. The Labute approximate surface area is 105 Å². The van der Waals surface area contributed by atoms with Crippen molar-refractivity contribution >= 4 is 0 Å². The maximum Gasteiger partial charge on any atom is 0.111 e. The largest absolute Gasteiger partial charge is 0.387 e. The molecule has 1 aliphatic carbocycles. The van der Waals surface area contributed by atoms with Crippen LogP contribution >= 0.6 is 0 Å². The molecule has 1 saturated carbocycles. The highest BCUT2D eigenvalue weighted by molar-refractivity contribution is 5.05. The summed E-state index contributed by atoms with van der Waals surface area (Å²) in [4.78, 5) is 4.19. The van der Waals surface area contributed by atoms with Crippen LogP contribution < -0.4 is 0 Å². The van der Waals surface area contributed by atoms with Crippen LogP contribution in [0.15, 0.2) is 18.7 Å². The fraction of sp³-hybridized carbons (Fsp3) is 0.583. The van der Waals surface area contributed by atoms with Crippen LogP contribution in [0, 0.1) is 0 Å². The Morgan fingerprint density at radius 1 is 1.50 bits per heavy atom. The van der Waals surface area contributed by atoms with Gasteiger partial charge in [-0.25, -0.2) is 9.67 Å². The first kappa shape index (κ1) is 11.4. The zero-order chi connectivity index (χ0) is 12.5. The number of rotatable bonds is 5. The van der Waals surface area contributed by atoms with Crippen LogP contribution in [0.5, 0.6) is 0 Å². The summed E-state index contributed by atoms with van der Waals surface area (Å²) in [5.74, 6) is 0. The molecule has 1 atom stereocenters. The van der Waals surface area contributed by atoms with Crippen LogP contribution in [0.25, 0.3) is 0 Å². The van der Waals surface area contributed by atoms with E-state index >= 15 is 0 Å². The first-order chi connectivity index (χ1) is 8.78. The van der Waals surface area contributed by atoms with Crippen molar-refractivity contribution in [2.75, 3.05) is 0 Å². The normalized spacial score (nSPS) is 17.0. The first-order valence-corrected chi connectivity index (χ1v) is 6.36. The van der Waals surface area contributed by atoms with E-state index in [9.17, 15) is 5.11 Å². The summed E-state index contributed by atoms with van der Waals surface area (Å²) in [6, 6.07) is 0.617. The summed E-state index contributed by atoms with van der Waals surface area (Å²) in [6.45, 7) is 2.58. The molecule has 0 radical (unpaired) electrons. The number of aliphatic hydroxyl groups is 1. The van der Waals surface area contributed by atoms with E-state index in [1.165, 1.54) is 12.8 Å². The van der Waals surface area contributed by atoms with Crippen LogP contribution in [0.2, 0.25) is 0 Å². The van der Waals surface area contributed by atoms with Crippen molar-refractivity contribution in [2.24, 2.45) is 0 Å². The lowest BCUT2D eigenvalue weighted by atomic mass is 10.2. The van der Waals surface area contributed by atoms with Gasteiger partial charge in [0.1, 0.15) is 5.69 Å². The fourth-order valence-electron chi connectivity index (χ4n) is 2.05. The smallest absolute Gasteiger partial charge is 0.111 e. The molecule has 96 valence electrons. The van der Waals surface area contributed by atoms with E-state index < -0.39 is 6.10 Å². The Hall–Kier alpha value is -1.69. The van der Waals surface area contributed by atoms with Gasteiger partial charge in [0, 0.05) is 6.04 Å². The minimum Gasteiger partial charge on any atom is -0.387 e. The summed E-state index contributed by atoms with van der Waals surface area (Å²) >= 11 is 0. The number of imidazole rings is 1. The van der Waals surface area contributed by atoms with Crippen LogP contribution in [0.3, 0.4) is 0 Å². The van der Waals surface area contributed by atoms with Gasteiger partial charge in [-0.2, -0.15) is 0 Å². The van der Waals surface area contributed by atoms with Gasteiger partial charge in [-0.15, -0.1) is 5.10 Å². The van der Waals surface area contributed by atoms with Gasteiger partial charge in [0.25, 0.3) is 0 Å². The minimum absolute atomic E-state index is 0.521. The molecule has 2 heterocycles. The molecule has 1 aliphatic rings. The molecule has 6 heteroatoms. The lowest BCUT2D eigenvalue weighted by Crippen LogP contribution is -2.06. The van der Waals surface area contributed by atoms with Crippen LogP contribution in [0.1, 0.15) is 49.7 Å². The predicted molar refractivity (Wildman–Crippen MR) is 64.9 cm³/mol. The van der Waals surface area contributed by atoms with Crippen LogP contribution in [-0.4, -0.2) is 29.7 Å². The molecule has 2 aromatic rings. The van der Waals surface area contributed by atoms with Crippen molar-refractivity contribution < 1.29 is 5.11 Å². The molecule has 2 aromatic heterocycles. The third-order valence-electron chi connectivity index (χ3n) is 3.30. The van der Waals surface area contributed by atoms with Gasteiger partial charge in [-0.1, -0.05) is 12.1 Å². The van der Waals surface area contributed by atoms with E-state index in [1.54, 1.807) is 10.9 Å². The van der Waals surface area contributed by atoms with Crippen LogP contribution in [0.4, 0.5) is 0 Å². The highest BCUT2D eigenvalue weighted by atomic mass is 16.3. The third-order valence-corrected chi connectivity index (χ3v) is 3.30. The van der Waals surface area contributed by atoms with E-state index in [0.29, 0.717) is 24.7 Å². The highest BCUT2D eigenvalue weighted by Gasteiger charge is 2.25.